The number of hydrogen-bond donors (Lipinski definition) is 0. The molecule has 0 radical (unpaired) electrons. The maximum Gasteiger partial charge on any atom is 0.233 e. The molecule has 4 nitrogen and oxygen atoms in total. The zero-order valence-corrected chi connectivity index (χ0v) is 6.33. The van der Waals surface area contributed by atoms with Crippen LogP contribution >= 0.6 is 0 Å². The fraction of sp³-hybridized carbons (Fsp3) is 0.714. The molecule has 1 saturated heterocycles. The molecule has 0 unspecified atom stereocenters. The molecule has 62 valence electrons. The lowest BCUT2D eigenvalue weighted by molar-refractivity contribution is -0.172. The van der Waals surface area contributed by atoms with E-state index in [9.17, 15) is 9.59 Å². The van der Waals surface area contributed by atoms with Crippen molar-refractivity contribution in [3.05, 3.63) is 0 Å². The van der Waals surface area contributed by atoms with E-state index >= 15 is 0 Å². The van der Waals surface area contributed by atoms with E-state index in [4.69, 9.17) is 9.47 Å². The second kappa shape index (κ2) is 3.11. The summed E-state index contributed by atoms with van der Waals surface area (Å²) in [6, 6.07) is 0. The van der Waals surface area contributed by atoms with Crippen molar-refractivity contribution >= 4 is 12.1 Å². The molecule has 0 spiro atoms. The molecular weight excluding hydrogens is 148 g/mol. The summed E-state index contributed by atoms with van der Waals surface area (Å²) in [5.41, 5.74) is 0. The first kappa shape index (κ1) is 8.36. The molecule has 1 aliphatic heterocycles. The molecule has 0 aliphatic carbocycles. The molecule has 0 aromatic carbocycles. The van der Waals surface area contributed by atoms with E-state index in [-0.39, 0.29) is 12.2 Å². The van der Waals surface area contributed by atoms with Crippen molar-refractivity contribution in [2.45, 2.75) is 19.1 Å². The Morgan fingerprint density at radius 2 is 2.09 bits per heavy atom. The van der Waals surface area contributed by atoms with Crippen molar-refractivity contribution in [1.82, 2.24) is 0 Å². The van der Waals surface area contributed by atoms with Crippen LogP contribution in [0.5, 0.6) is 0 Å². The first-order valence-electron chi connectivity index (χ1n) is 3.42. The van der Waals surface area contributed by atoms with Crippen molar-refractivity contribution in [2.75, 3.05) is 13.2 Å². The third-order valence-corrected chi connectivity index (χ3v) is 1.45. The summed E-state index contributed by atoms with van der Waals surface area (Å²) >= 11 is 0. The van der Waals surface area contributed by atoms with E-state index in [0.717, 1.165) is 0 Å². The molecule has 1 aliphatic rings. The Morgan fingerprint density at radius 1 is 1.55 bits per heavy atom. The van der Waals surface area contributed by atoms with Crippen LogP contribution in [0.25, 0.3) is 0 Å². The van der Waals surface area contributed by atoms with E-state index in [0.29, 0.717) is 19.5 Å². The molecule has 1 rings (SSSR count). The van der Waals surface area contributed by atoms with Gasteiger partial charge in [-0.05, 0) is 6.92 Å². The van der Waals surface area contributed by atoms with Crippen molar-refractivity contribution in [1.29, 1.82) is 0 Å². The zero-order valence-electron chi connectivity index (χ0n) is 6.33. The highest BCUT2D eigenvalue weighted by atomic mass is 16.7. The van der Waals surface area contributed by atoms with Gasteiger partial charge in [-0.25, -0.2) is 0 Å². The normalized spacial score (nSPS) is 21.5. The first-order valence-corrected chi connectivity index (χ1v) is 3.42. The van der Waals surface area contributed by atoms with E-state index in [2.05, 4.69) is 0 Å². The van der Waals surface area contributed by atoms with E-state index in [1.807, 2.05) is 0 Å². The number of rotatable bonds is 3. The second-order valence-corrected chi connectivity index (χ2v) is 2.51. The Morgan fingerprint density at radius 3 is 2.45 bits per heavy atom. The molecule has 11 heavy (non-hydrogen) atoms. The van der Waals surface area contributed by atoms with Crippen LogP contribution in [0.3, 0.4) is 0 Å². The molecular formula is C7H10O4. The highest BCUT2D eigenvalue weighted by Gasteiger charge is 2.37. The van der Waals surface area contributed by atoms with Gasteiger partial charge in [-0.1, -0.05) is 0 Å². The summed E-state index contributed by atoms with van der Waals surface area (Å²) < 4.78 is 9.98. The van der Waals surface area contributed by atoms with Crippen LogP contribution in [0.15, 0.2) is 0 Å². The SMILES string of the molecule is CC(=O)CC1(C=O)OCCO1. The second-order valence-electron chi connectivity index (χ2n) is 2.51. The maximum atomic E-state index is 10.6. The van der Waals surface area contributed by atoms with Crippen LogP contribution in [0, 0.1) is 0 Å². The lowest BCUT2D eigenvalue weighted by Gasteiger charge is -2.17. The smallest absolute Gasteiger partial charge is 0.233 e. The number of carbonyl (C=O) groups excluding carboxylic acids is 2. The maximum absolute atomic E-state index is 10.6. The highest BCUT2D eigenvalue weighted by molar-refractivity contribution is 5.81. The van der Waals surface area contributed by atoms with Gasteiger partial charge < -0.3 is 9.47 Å². The first-order chi connectivity index (χ1) is 5.18. The van der Waals surface area contributed by atoms with E-state index in [1.54, 1.807) is 0 Å². The molecule has 0 bridgehead atoms. The molecule has 1 heterocycles. The molecule has 0 atom stereocenters. The van der Waals surface area contributed by atoms with Gasteiger partial charge in [0.25, 0.3) is 0 Å². The molecule has 0 aromatic heterocycles. The summed E-state index contributed by atoms with van der Waals surface area (Å²) in [7, 11) is 0. The predicted molar refractivity (Wildman–Crippen MR) is 36.0 cm³/mol. The van der Waals surface area contributed by atoms with Gasteiger partial charge >= 0.3 is 0 Å². The number of carbonyl (C=O) groups is 2. The molecule has 0 saturated carbocycles. The average molecular weight is 158 g/mol. The number of hydrogen-bond acceptors (Lipinski definition) is 4. The minimum Gasteiger partial charge on any atom is -0.341 e. The van der Waals surface area contributed by atoms with Crippen LogP contribution in [-0.4, -0.2) is 31.1 Å². The fourth-order valence-corrected chi connectivity index (χ4v) is 1.03. The third kappa shape index (κ3) is 1.85. The Balaban J connectivity index is 2.59. The summed E-state index contributed by atoms with van der Waals surface area (Å²) in [5, 5.41) is 0. The minimum absolute atomic E-state index is 0.0104. The molecule has 0 amide bonds. The minimum atomic E-state index is -1.27. The van der Waals surface area contributed by atoms with Gasteiger partial charge in [0.1, 0.15) is 5.78 Å². The predicted octanol–water partition coefficient (Wildman–Crippen LogP) is -0.0925. The quantitative estimate of drug-likeness (QED) is 0.538. The number of Topliss-reactive ketones (excluding diaryl/α,β-unsaturated/α-hetero) is 1. The summed E-state index contributed by atoms with van der Waals surface area (Å²) in [4.78, 5) is 21.1. The van der Waals surface area contributed by atoms with E-state index in [1.165, 1.54) is 6.92 Å². The number of aldehydes is 1. The van der Waals surface area contributed by atoms with Gasteiger partial charge in [-0.15, -0.1) is 0 Å². The van der Waals surface area contributed by atoms with Gasteiger partial charge in [0.05, 0.1) is 19.6 Å². The fourth-order valence-electron chi connectivity index (χ4n) is 1.03. The third-order valence-electron chi connectivity index (χ3n) is 1.45. The van der Waals surface area contributed by atoms with Crippen LogP contribution in [0.1, 0.15) is 13.3 Å². The Labute approximate surface area is 64.5 Å². The zero-order chi connectivity index (χ0) is 8.32. The number of ketones is 1. The van der Waals surface area contributed by atoms with Gasteiger partial charge in [0.2, 0.25) is 5.79 Å². The molecule has 1 fully saturated rings. The van der Waals surface area contributed by atoms with Crippen LogP contribution < -0.4 is 0 Å². The van der Waals surface area contributed by atoms with Gasteiger partial charge in [-0.2, -0.15) is 0 Å². The molecule has 0 aromatic rings. The lowest BCUT2D eigenvalue weighted by Crippen LogP contribution is -2.34. The Bertz CT molecular complexity index is 169. The molecule has 4 heteroatoms. The topological polar surface area (TPSA) is 52.6 Å². The van der Waals surface area contributed by atoms with Crippen molar-refractivity contribution in [2.24, 2.45) is 0 Å². The lowest BCUT2D eigenvalue weighted by atomic mass is 10.1. The Hall–Kier alpha value is -0.740. The van der Waals surface area contributed by atoms with Crippen molar-refractivity contribution in [3.8, 4) is 0 Å². The van der Waals surface area contributed by atoms with Crippen LogP contribution in [-0.2, 0) is 19.1 Å². The van der Waals surface area contributed by atoms with Crippen molar-refractivity contribution < 1.29 is 19.1 Å². The largest absolute Gasteiger partial charge is 0.341 e. The van der Waals surface area contributed by atoms with E-state index < -0.39 is 5.79 Å². The monoisotopic (exact) mass is 158 g/mol. The highest BCUT2D eigenvalue weighted by Crippen LogP contribution is 2.20. The molecule has 0 N–H and O–H groups in total. The van der Waals surface area contributed by atoms with Crippen LogP contribution in [0.4, 0.5) is 0 Å². The summed E-state index contributed by atoms with van der Waals surface area (Å²) in [6.45, 7) is 2.16. The Kier molecular flexibility index (Phi) is 2.36. The van der Waals surface area contributed by atoms with Crippen molar-refractivity contribution in [3.63, 3.8) is 0 Å². The van der Waals surface area contributed by atoms with Gasteiger partial charge in [0, 0.05) is 0 Å². The van der Waals surface area contributed by atoms with Gasteiger partial charge in [0.15, 0.2) is 6.29 Å². The summed E-state index contributed by atoms with van der Waals surface area (Å²) in [6.07, 6.45) is 0.553. The standard InChI is InChI=1S/C7H10O4/c1-6(9)4-7(5-8)10-2-3-11-7/h5H,2-4H2,1H3. The van der Waals surface area contributed by atoms with Crippen LogP contribution in [0.2, 0.25) is 0 Å². The van der Waals surface area contributed by atoms with Gasteiger partial charge in [-0.3, -0.25) is 9.59 Å². The number of ether oxygens (including phenoxy) is 2. The average Bonchev–Trinajstić information content (AvgIpc) is 2.36. The summed E-state index contributed by atoms with van der Waals surface area (Å²) in [5.74, 6) is -1.38.